The molecule has 0 amide bonds. The van der Waals surface area contributed by atoms with Crippen molar-refractivity contribution in [2.75, 3.05) is 52.9 Å². The van der Waals surface area contributed by atoms with Crippen LogP contribution >= 0.6 is 0 Å². The van der Waals surface area contributed by atoms with Crippen LogP contribution in [0.5, 0.6) is 0 Å². The van der Waals surface area contributed by atoms with Crippen molar-refractivity contribution in [3.63, 3.8) is 0 Å². The number of aliphatic hydroxyl groups excluding tert-OH is 3. The van der Waals surface area contributed by atoms with E-state index in [1.54, 1.807) is 0 Å². The maximum Gasteiger partial charge on any atom is 0.0667 e. The first-order chi connectivity index (χ1) is 30.4. The fourth-order valence-electron chi connectivity index (χ4n) is 7.63. The van der Waals surface area contributed by atoms with Gasteiger partial charge in [0.05, 0.1) is 18.3 Å². The molecule has 0 radical (unpaired) electrons. The average molecular weight is 868 g/mol. The Bertz CT molecular complexity index is 1020. The molecule has 6 heteroatoms. The molecule has 4 N–H and O–H groups in total. The Morgan fingerprint density at radius 2 is 0.726 bits per heavy atom. The van der Waals surface area contributed by atoms with E-state index in [0.29, 0.717) is 19.6 Å². The highest BCUT2D eigenvalue weighted by molar-refractivity contribution is 4.94. The molecule has 62 heavy (non-hydrogen) atoms. The van der Waals surface area contributed by atoms with Gasteiger partial charge in [0.25, 0.3) is 0 Å². The van der Waals surface area contributed by atoms with Crippen LogP contribution in [0.2, 0.25) is 0 Å². The molecule has 0 saturated heterocycles. The van der Waals surface area contributed by atoms with Crippen LogP contribution in [0.1, 0.15) is 213 Å². The summed E-state index contributed by atoms with van der Waals surface area (Å²) >= 11 is 0. The normalized spacial score (nSPS) is 14.3. The lowest BCUT2D eigenvalue weighted by Gasteiger charge is -2.29. The summed E-state index contributed by atoms with van der Waals surface area (Å²) in [6.45, 7) is 12.0. The van der Waals surface area contributed by atoms with Gasteiger partial charge in [-0.2, -0.15) is 0 Å². The number of nitrogens with zero attached hydrogens (tertiary/aromatic N) is 2. The molecular weight excluding hydrogens is 763 g/mol. The maximum atomic E-state index is 11.0. The zero-order valence-electron chi connectivity index (χ0n) is 41.6. The van der Waals surface area contributed by atoms with E-state index in [1.165, 1.54) is 116 Å². The fourth-order valence-corrected chi connectivity index (χ4v) is 7.63. The van der Waals surface area contributed by atoms with Crippen molar-refractivity contribution in [2.45, 2.75) is 232 Å². The first kappa shape index (κ1) is 60.2. The molecule has 0 rings (SSSR count). The number of allylic oxidation sites excluding steroid dienone is 12. The molecule has 3 unspecified atom stereocenters. The Morgan fingerprint density at radius 3 is 1.10 bits per heavy atom. The Hall–Kier alpha value is -1.80. The number of rotatable bonds is 48. The second-order valence-corrected chi connectivity index (χ2v) is 18.2. The Labute approximate surface area is 386 Å². The van der Waals surface area contributed by atoms with Gasteiger partial charge in [0.15, 0.2) is 0 Å². The summed E-state index contributed by atoms with van der Waals surface area (Å²) in [6.07, 6.45) is 61.2. The van der Waals surface area contributed by atoms with E-state index in [-0.39, 0.29) is 6.10 Å². The van der Waals surface area contributed by atoms with Crippen molar-refractivity contribution in [1.29, 1.82) is 0 Å². The molecule has 0 bridgehead atoms. The largest absolute Gasteiger partial charge is 0.392 e. The molecule has 0 aromatic carbocycles. The minimum Gasteiger partial charge on any atom is -0.392 e. The van der Waals surface area contributed by atoms with Gasteiger partial charge in [0, 0.05) is 45.8 Å². The second-order valence-electron chi connectivity index (χ2n) is 18.2. The summed E-state index contributed by atoms with van der Waals surface area (Å²) in [6, 6.07) is 0. The minimum atomic E-state index is -0.397. The maximum absolute atomic E-state index is 11.0. The van der Waals surface area contributed by atoms with Gasteiger partial charge in [-0.3, -0.25) is 4.90 Å². The third-order valence-electron chi connectivity index (χ3n) is 11.8. The predicted octanol–water partition coefficient (Wildman–Crippen LogP) is 14.0. The van der Waals surface area contributed by atoms with Gasteiger partial charge in [-0.15, -0.1) is 0 Å². The first-order valence-electron chi connectivity index (χ1n) is 26.5. The Morgan fingerprint density at radius 1 is 0.387 bits per heavy atom. The van der Waals surface area contributed by atoms with E-state index in [4.69, 9.17) is 0 Å². The molecule has 0 aromatic rings. The summed E-state index contributed by atoms with van der Waals surface area (Å²) in [5, 5.41) is 36.0. The third-order valence-corrected chi connectivity index (χ3v) is 11.8. The number of hydrogen-bond acceptors (Lipinski definition) is 6. The first-order valence-corrected chi connectivity index (χ1v) is 26.5. The Kier molecular flexibility index (Phi) is 48.7. The number of nitrogens with one attached hydrogen (secondary N) is 1. The van der Waals surface area contributed by atoms with Crippen molar-refractivity contribution in [3.05, 3.63) is 72.9 Å². The zero-order chi connectivity index (χ0) is 45.2. The Balaban J connectivity index is 4.56. The van der Waals surface area contributed by atoms with Gasteiger partial charge in [-0.1, -0.05) is 171 Å². The van der Waals surface area contributed by atoms with Crippen LogP contribution in [-0.2, 0) is 0 Å². The smallest absolute Gasteiger partial charge is 0.0667 e. The van der Waals surface area contributed by atoms with Crippen LogP contribution in [0.3, 0.4) is 0 Å². The van der Waals surface area contributed by atoms with Crippen LogP contribution in [0.15, 0.2) is 72.9 Å². The van der Waals surface area contributed by atoms with Crippen molar-refractivity contribution < 1.29 is 15.3 Å². The molecule has 0 aromatic heterocycles. The highest BCUT2D eigenvalue weighted by Crippen LogP contribution is 2.11. The van der Waals surface area contributed by atoms with Crippen molar-refractivity contribution in [3.8, 4) is 0 Å². The highest BCUT2D eigenvalue weighted by Gasteiger charge is 2.16. The molecule has 0 fully saturated rings. The van der Waals surface area contributed by atoms with E-state index in [0.717, 1.165) is 103 Å². The molecule has 0 heterocycles. The van der Waals surface area contributed by atoms with E-state index < -0.39 is 12.2 Å². The SMILES string of the molecule is CCCCCCC/C=C\C/C=C\CCCC(O)CNCCN(C)CCN(CC(O)CCC/C=C\C/C=C\CCCCCCC)CC(O)CCC/C=C\C/C=C\CCCCCCC. The number of aliphatic hydroxyl groups is 3. The van der Waals surface area contributed by atoms with Crippen molar-refractivity contribution in [2.24, 2.45) is 0 Å². The van der Waals surface area contributed by atoms with Crippen LogP contribution in [0.4, 0.5) is 0 Å². The van der Waals surface area contributed by atoms with Gasteiger partial charge in [-0.25, -0.2) is 0 Å². The molecule has 0 aliphatic carbocycles. The molecule has 6 nitrogen and oxygen atoms in total. The predicted molar refractivity (Wildman–Crippen MR) is 275 cm³/mol. The summed E-state index contributed by atoms with van der Waals surface area (Å²) in [5.74, 6) is 0. The summed E-state index contributed by atoms with van der Waals surface area (Å²) in [5.41, 5.74) is 0. The van der Waals surface area contributed by atoms with Crippen molar-refractivity contribution >= 4 is 0 Å². The fraction of sp³-hybridized carbons (Fsp3) is 0.786. The van der Waals surface area contributed by atoms with Gasteiger partial charge in [0.1, 0.15) is 0 Å². The van der Waals surface area contributed by atoms with E-state index >= 15 is 0 Å². The third kappa shape index (κ3) is 47.7. The topological polar surface area (TPSA) is 79.2 Å². The van der Waals surface area contributed by atoms with Crippen LogP contribution in [0.25, 0.3) is 0 Å². The lowest BCUT2D eigenvalue weighted by molar-refractivity contribution is 0.0571. The second kappa shape index (κ2) is 50.2. The molecule has 0 saturated carbocycles. The van der Waals surface area contributed by atoms with Gasteiger partial charge >= 0.3 is 0 Å². The van der Waals surface area contributed by atoms with Crippen molar-refractivity contribution in [1.82, 2.24) is 15.1 Å². The minimum absolute atomic E-state index is 0.316. The molecule has 0 spiro atoms. The molecular formula is C56H105N3O3. The van der Waals surface area contributed by atoms with E-state index in [1.807, 2.05) is 0 Å². The average Bonchev–Trinajstić information content (AvgIpc) is 3.26. The standard InChI is InChI=1S/C56H105N3O3/c1-5-8-11-14-17-20-23-26-29-32-35-38-41-44-54(60)51-57-47-48-58(4)49-50-59(52-55(61)45-42-39-36-33-30-27-24-21-18-15-12-9-6-2)53-56(62)46-43-40-37-34-31-28-25-22-19-16-13-10-7-3/h23-28,32-37,54-57,60-62H,5-22,29-31,38-53H2,1-4H3/b26-23-,27-24-,28-25-,35-32-,36-33-,37-34-. The molecule has 362 valence electrons. The number of unbranched alkanes of at least 4 members (excludes halogenated alkanes) is 18. The summed E-state index contributed by atoms with van der Waals surface area (Å²) in [7, 11) is 2.14. The molecule has 3 atom stereocenters. The highest BCUT2D eigenvalue weighted by atomic mass is 16.3. The van der Waals surface area contributed by atoms with Crippen LogP contribution in [0, 0.1) is 0 Å². The summed E-state index contributed by atoms with van der Waals surface area (Å²) in [4.78, 5) is 4.59. The van der Waals surface area contributed by atoms with Gasteiger partial charge < -0.3 is 25.5 Å². The quantitative estimate of drug-likeness (QED) is 0.0360. The lowest BCUT2D eigenvalue weighted by atomic mass is 10.1. The molecule has 0 aliphatic rings. The van der Waals surface area contributed by atoms with E-state index in [9.17, 15) is 15.3 Å². The summed E-state index contributed by atoms with van der Waals surface area (Å²) < 4.78 is 0. The molecule has 0 aliphatic heterocycles. The number of hydrogen-bond donors (Lipinski definition) is 4. The monoisotopic (exact) mass is 868 g/mol. The van der Waals surface area contributed by atoms with Gasteiger partial charge in [0.2, 0.25) is 0 Å². The van der Waals surface area contributed by atoms with Crippen LogP contribution in [-0.4, -0.2) is 96.3 Å². The zero-order valence-corrected chi connectivity index (χ0v) is 41.6. The van der Waals surface area contributed by atoms with Crippen LogP contribution < -0.4 is 5.32 Å². The van der Waals surface area contributed by atoms with E-state index in [2.05, 4.69) is 116 Å². The lowest BCUT2D eigenvalue weighted by Crippen LogP contribution is -2.43. The van der Waals surface area contributed by atoms with Gasteiger partial charge in [-0.05, 0) is 123 Å². The number of likely N-dealkylation sites (N-methyl/N-ethyl adjacent to an activating group) is 1.